The molecule has 0 radical (unpaired) electrons. The van der Waals surface area contributed by atoms with E-state index in [9.17, 15) is 4.39 Å². The first kappa shape index (κ1) is 7.69. The van der Waals surface area contributed by atoms with Gasteiger partial charge in [0.15, 0.2) is 0 Å². The van der Waals surface area contributed by atoms with E-state index in [4.69, 9.17) is 10.2 Å². The number of rotatable bonds is 1. The van der Waals surface area contributed by atoms with Crippen LogP contribution in [-0.4, -0.2) is 22.9 Å². The quantitative estimate of drug-likeness (QED) is 0.568. The van der Waals surface area contributed by atoms with Crippen molar-refractivity contribution in [2.24, 2.45) is 5.92 Å². The van der Waals surface area contributed by atoms with E-state index in [-0.39, 0.29) is 12.5 Å². The van der Waals surface area contributed by atoms with Crippen LogP contribution in [0.5, 0.6) is 0 Å². The van der Waals surface area contributed by atoms with Crippen LogP contribution in [0.1, 0.15) is 12.8 Å². The minimum atomic E-state index is -0.549. The van der Waals surface area contributed by atoms with Gasteiger partial charge in [0.05, 0.1) is 12.4 Å². The molecule has 1 fully saturated rings. The average Bonchev–Trinajstić information content (AvgIpc) is 2.30. The Morgan fingerprint density at radius 3 is 2.60 bits per heavy atom. The smallest absolute Gasteiger partial charge is 0.0860 e. The minimum absolute atomic E-state index is 0.0570. The van der Waals surface area contributed by atoms with Gasteiger partial charge in [-0.2, -0.15) is 0 Å². The molecule has 0 aliphatic heterocycles. The van der Waals surface area contributed by atoms with Crippen LogP contribution in [0.4, 0.5) is 4.39 Å². The zero-order valence-electron chi connectivity index (χ0n) is 5.63. The van der Waals surface area contributed by atoms with Gasteiger partial charge in [-0.05, 0) is 18.4 Å². The second-order valence-corrected chi connectivity index (χ2v) is 2.69. The first-order chi connectivity index (χ1) is 4.77. The lowest BCUT2D eigenvalue weighted by molar-refractivity contribution is 0.0910. The van der Waals surface area contributed by atoms with Gasteiger partial charge in [0.25, 0.3) is 0 Å². The van der Waals surface area contributed by atoms with E-state index in [2.05, 4.69) is 0 Å². The van der Waals surface area contributed by atoms with Gasteiger partial charge in [-0.15, -0.1) is 0 Å². The Kier molecular flexibility index (Phi) is 2.40. The van der Waals surface area contributed by atoms with Crippen LogP contribution < -0.4 is 0 Å². The molecular weight excluding hydrogens is 135 g/mol. The van der Waals surface area contributed by atoms with E-state index in [0.29, 0.717) is 24.7 Å². The monoisotopic (exact) mass is 146 g/mol. The maximum absolute atomic E-state index is 11.8. The van der Waals surface area contributed by atoms with Gasteiger partial charge in [0, 0.05) is 12.5 Å². The summed E-state index contributed by atoms with van der Waals surface area (Å²) < 4.78 is 11.8. The minimum Gasteiger partial charge on any atom is -0.396 e. The van der Waals surface area contributed by atoms with E-state index >= 15 is 0 Å². The third-order valence-corrected chi connectivity index (χ3v) is 1.93. The van der Waals surface area contributed by atoms with Gasteiger partial charge in [-0.1, -0.05) is 0 Å². The highest BCUT2D eigenvalue weighted by molar-refractivity contribution is 5.08. The maximum Gasteiger partial charge on any atom is 0.0860 e. The number of aliphatic hydroxyl groups excluding tert-OH is 2. The summed E-state index contributed by atoms with van der Waals surface area (Å²) >= 11 is 0. The second-order valence-electron chi connectivity index (χ2n) is 2.69. The molecule has 0 heterocycles. The van der Waals surface area contributed by atoms with Crippen LogP contribution in [-0.2, 0) is 0 Å². The first-order valence-electron chi connectivity index (χ1n) is 3.35. The van der Waals surface area contributed by atoms with Gasteiger partial charge >= 0.3 is 0 Å². The van der Waals surface area contributed by atoms with Gasteiger partial charge in [-0.25, -0.2) is 4.39 Å². The number of halogens is 1. The summed E-state index contributed by atoms with van der Waals surface area (Å²) in [6.07, 6.45) is 0.849. The summed E-state index contributed by atoms with van der Waals surface area (Å²) in [6, 6.07) is 0. The van der Waals surface area contributed by atoms with Crippen LogP contribution in [0, 0.1) is 5.92 Å². The van der Waals surface area contributed by atoms with Gasteiger partial charge < -0.3 is 10.2 Å². The predicted molar refractivity (Wildman–Crippen MR) is 35.0 cm³/mol. The zero-order chi connectivity index (χ0) is 7.56. The molecule has 0 amide bonds. The Balaban J connectivity index is 2.52. The topological polar surface area (TPSA) is 40.5 Å². The molecule has 0 spiro atoms. The Morgan fingerprint density at radius 2 is 2.30 bits per heavy atom. The molecule has 1 rings (SSSR count). The summed E-state index contributed by atoms with van der Waals surface area (Å²) in [7, 11) is 0. The molecule has 0 aromatic carbocycles. The summed E-state index contributed by atoms with van der Waals surface area (Å²) in [5.74, 6) is -0.151. The van der Waals surface area contributed by atoms with Crippen molar-refractivity contribution < 1.29 is 14.6 Å². The fourth-order valence-corrected chi connectivity index (χ4v) is 1.27. The molecule has 2 N–H and O–H groups in total. The highest BCUT2D eigenvalue weighted by Crippen LogP contribution is 2.30. The number of hydrogen-bond acceptors (Lipinski definition) is 2. The van der Waals surface area contributed by atoms with E-state index < -0.39 is 6.10 Å². The summed E-state index contributed by atoms with van der Waals surface area (Å²) in [5.41, 5.74) is 0.603. The molecule has 1 aliphatic carbocycles. The Hall–Kier alpha value is -0.410. The van der Waals surface area contributed by atoms with Crippen molar-refractivity contribution in [3.8, 4) is 0 Å². The maximum atomic E-state index is 11.8. The molecule has 10 heavy (non-hydrogen) atoms. The third kappa shape index (κ3) is 1.36. The lowest BCUT2D eigenvalue weighted by Gasteiger charge is -2.07. The van der Waals surface area contributed by atoms with Crippen LogP contribution in [0.2, 0.25) is 0 Å². The van der Waals surface area contributed by atoms with E-state index in [0.717, 1.165) is 0 Å². The summed E-state index contributed by atoms with van der Waals surface area (Å²) in [6.45, 7) is -0.0570. The van der Waals surface area contributed by atoms with Crippen molar-refractivity contribution in [1.29, 1.82) is 0 Å². The fraction of sp³-hybridized carbons (Fsp3) is 0.714. The molecule has 0 aromatic rings. The van der Waals surface area contributed by atoms with E-state index in [1.807, 2.05) is 0 Å². The number of hydrogen-bond donors (Lipinski definition) is 2. The standard InChI is InChI=1S/C7H11FO2/c8-3-5-1-6(4-9)7(10)2-5/h3,6-7,9-10H,1-2,4H2/b5-3+. The molecule has 2 nitrogen and oxygen atoms in total. The van der Waals surface area contributed by atoms with Crippen molar-refractivity contribution in [3.05, 3.63) is 11.9 Å². The lowest BCUT2D eigenvalue weighted by Crippen LogP contribution is -2.16. The van der Waals surface area contributed by atoms with Gasteiger partial charge in [-0.3, -0.25) is 0 Å². The molecule has 1 saturated carbocycles. The largest absolute Gasteiger partial charge is 0.396 e. The van der Waals surface area contributed by atoms with Crippen molar-refractivity contribution in [3.63, 3.8) is 0 Å². The highest BCUT2D eigenvalue weighted by Gasteiger charge is 2.27. The normalized spacial score (nSPS) is 37.3. The fourth-order valence-electron chi connectivity index (χ4n) is 1.27. The summed E-state index contributed by atoms with van der Waals surface area (Å²) in [5, 5.41) is 17.8. The van der Waals surface area contributed by atoms with Crippen LogP contribution >= 0.6 is 0 Å². The SMILES string of the molecule is OCC1C/C(=C\F)CC1O. The van der Waals surface area contributed by atoms with Gasteiger partial charge in [0.1, 0.15) is 0 Å². The molecule has 0 saturated heterocycles. The zero-order valence-corrected chi connectivity index (χ0v) is 5.63. The molecule has 3 heteroatoms. The van der Waals surface area contributed by atoms with Crippen molar-refractivity contribution >= 4 is 0 Å². The Morgan fingerprint density at radius 1 is 1.60 bits per heavy atom. The third-order valence-electron chi connectivity index (χ3n) is 1.93. The predicted octanol–water partition coefficient (Wildman–Crippen LogP) is 0.603. The molecular formula is C7H11FO2. The molecule has 0 bridgehead atoms. The second kappa shape index (κ2) is 3.12. The van der Waals surface area contributed by atoms with Crippen molar-refractivity contribution in [2.75, 3.05) is 6.61 Å². The average molecular weight is 146 g/mol. The first-order valence-corrected chi connectivity index (χ1v) is 3.35. The molecule has 2 unspecified atom stereocenters. The number of aliphatic hydroxyl groups is 2. The Bertz CT molecular complexity index is 145. The molecule has 58 valence electrons. The van der Waals surface area contributed by atoms with E-state index in [1.165, 1.54) is 0 Å². The molecule has 1 aliphatic rings. The Labute approximate surface area is 59.0 Å². The van der Waals surface area contributed by atoms with E-state index in [1.54, 1.807) is 0 Å². The van der Waals surface area contributed by atoms with Crippen molar-refractivity contribution in [1.82, 2.24) is 0 Å². The van der Waals surface area contributed by atoms with Crippen LogP contribution in [0.25, 0.3) is 0 Å². The highest BCUT2D eigenvalue weighted by atomic mass is 19.1. The van der Waals surface area contributed by atoms with Crippen LogP contribution in [0.15, 0.2) is 11.9 Å². The molecule has 2 atom stereocenters. The molecule has 0 aromatic heterocycles. The summed E-state index contributed by atoms with van der Waals surface area (Å²) in [4.78, 5) is 0. The van der Waals surface area contributed by atoms with Crippen molar-refractivity contribution in [2.45, 2.75) is 18.9 Å². The van der Waals surface area contributed by atoms with Crippen LogP contribution in [0.3, 0.4) is 0 Å². The van der Waals surface area contributed by atoms with Gasteiger partial charge in [0.2, 0.25) is 0 Å². The lowest BCUT2D eigenvalue weighted by atomic mass is 10.1.